The largest absolute Gasteiger partial charge is 0.478 e. The predicted molar refractivity (Wildman–Crippen MR) is 168 cm³/mol. The van der Waals surface area contributed by atoms with E-state index in [1.165, 1.54) is 12.1 Å². The average molecular weight is 667 g/mol. The molecular weight excluding hydrogens is 633 g/mol. The van der Waals surface area contributed by atoms with Crippen LogP contribution < -0.4 is 0 Å². The zero-order valence-corrected chi connectivity index (χ0v) is 27.2. The van der Waals surface area contributed by atoms with E-state index >= 15 is 0 Å². The van der Waals surface area contributed by atoms with E-state index in [2.05, 4.69) is 4.98 Å². The van der Waals surface area contributed by atoms with Crippen molar-refractivity contribution in [2.45, 2.75) is 73.9 Å². The van der Waals surface area contributed by atoms with Gasteiger partial charge in [0.2, 0.25) is 0 Å². The van der Waals surface area contributed by atoms with Gasteiger partial charge >= 0.3 is 5.97 Å². The molecule has 0 fully saturated rings. The van der Waals surface area contributed by atoms with Crippen LogP contribution in [0, 0.1) is 17.5 Å². The highest BCUT2D eigenvalue weighted by molar-refractivity contribution is 7.98. The number of hydrogen-bond donors (Lipinski definition) is 1. The average Bonchev–Trinajstić information content (AvgIpc) is 3.39. The van der Waals surface area contributed by atoms with Crippen LogP contribution >= 0.6 is 23.4 Å². The van der Waals surface area contributed by atoms with Crippen LogP contribution in [-0.4, -0.2) is 45.4 Å². The van der Waals surface area contributed by atoms with Crippen molar-refractivity contribution in [2.75, 3.05) is 5.75 Å². The van der Waals surface area contributed by atoms with Crippen molar-refractivity contribution in [3.05, 3.63) is 100 Å². The maximum Gasteiger partial charge on any atom is 0.335 e. The standard InChI is InChI=1S/C32H34ClF3N2O4S2/c1-5-7-12-44(41,42)28-11-8-21(16-24(28)33)32(3,4)29-17-37-31(38(29)27-10-9-22(34)13-19(27)6-2)43-18-23-25(35)14-20(30(39)40)15-26(23)36/h8-11,13-17,24,28H,5-7,12,18H2,1-4H3,(H,39,40). The number of alkyl halides is 1. The van der Waals surface area contributed by atoms with Crippen LogP contribution in [-0.2, 0) is 27.4 Å². The lowest BCUT2D eigenvalue weighted by molar-refractivity contribution is 0.0695. The minimum Gasteiger partial charge on any atom is -0.478 e. The summed E-state index contributed by atoms with van der Waals surface area (Å²) in [6.45, 7) is 7.67. The molecule has 2 atom stereocenters. The molecule has 1 N–H and O–H groups in total. The lowest BCUT2D eigenvalue weighted by Crippen LogP contribution is -2.34. The number of rotatable bonds is 12. The molecule has 6 nitrogen and oxygen atoms in total. The summed E-state index contributed by atoms with van der Waals surface area (Å²) < 4.78 is 71.4. The molecule has 0 aliphatic heterocycles. The number of hydrogen-bond acceptors (Lipinski definition) is 5. The summed E-state index contributed by atoms with van der Waals surface area (Å²) in [7, 11) is -3.45. The van der Waals surface area contributed by atoms with E-state index < -0.39 is 54.9 Å². The molecule has 1 aliphatic rings. The Morgan fingerprint density at radius 2 is 1.82 bits per heavy atom. The van der Waals surface area contributed by atoms with Crippen molar-refractivity contribution in [1.29, 1.82) is 0 Å². The first-order valence-electron chi connectivity index (χ1n) is 14.2. The second-order valence-electron chi connectivity index (χ2n) is 11.1. The number of unbranched alkanes of at least 4 members (excludes halogenated alkanes) is 1. The molecular formula is C32H34ClF3N2O4S2. The highest BCUT2D eigenvalue weighted by atomic mass is 35.5. The van der Waals surface area contributed by atoms with Gasteiger partial charge in [-0.2, -0.15) is 0 Å². The summed E-state index contributed by atoms with van der Waals surface area (Å²) in [5, 5.41) is 7.85. The molecule has 4 rings (SSSR count). The normalized spacial score (nSPS) is 17.1. The molecule has 0 spiro atoms. The maximum absolute atomic E-state index is 14.8. The van der Waals surface area contributed by atoms with Crippen molar-refractivity contribution in [1.82, 2.24) is 9.55 Å². The molecule has 2 unspecified atom stereocenters. The zero-order valence-electron chi connectivity index (χ0n) is 24.8. The first kappa shape index (κ1) is 33.9. The third-order valence-electron chi connectivity index (χ3n) is 7.80. The molecule has 0 amide bonds. The Labute approximate surface area is 265 Å². The van der Waals surface area contributed by atoms with Gasteiger partial charge in [-0.1, -0.05) is 64.1 Å². The Kier molecular flexibility index (Phi) is 10.4. The molecule has 1 aliphatic carbocycles. The number of sulfone groups is 1. The third-order valence-corrected chi connectivity index (χ3v) is 11.5. The SMILES string of the molecule is CCCCS(=O)(=O)C1C=CC(C(C)(C)c2cnc(SCc3c(F)cc(C(=O)O)cc3F)n2-c2ccc(F)cc2CC)=CC1Cl. The van der Waals surface area contributed by atoms with Gasteiger partial charge in [0, 0.05) is 16.7 Å². The van der Waals surface area contributed by atoms with Gasteiger partial charge in [0.05, 0.1) is 39.5 Å². The van der Waals surface area contributed by atoms with Gasteiger partial charge in [-0.3, -0.25) is 4.57 Å². The number of thioether (sulfide) groups is 1. The van der Waals surface area contributed by atoms with Gasteiger partial charge in [0.15, 0.2) is 15.0 Å². The minimum atomic E-state index is -3.45. The number of aromatic nitrogens is 2. The van der Waals surface area contributed by atoms with Crippen LogP contribution in [0.3, 0.4) is 0 Å². The molecule has 1 aromatic heterocycles. The van der Waals surface area contributed by atoms with Crippen LogP contribution in [0.25, 0.3) is 5.69 Å². The molecule has 1 heterocycles. The summed E-state index contributed by atoms with van der Waals surface area (Å²) >= 11 is 7.70. The zero-order chi connectivity index (χ0) is 32.4. The van der Waals surface area contributed by atoms with E-state index in [0.29, 0.717) is 34.9 Å². The van der Waals surface area contributed by atoms with E-state index in [-0.39, 0.29) is 17.1 Å². The number of carboxylic acid groups (broad SMARTS) is 1. The lowest BCUT2D eigenvalue weighted by Gasteiger charge is -2.32. The number of carbonyl (C=O) groups is 1. The van der Waals surface area contributed by atoms with Gasteiger partial charge < -0.3 is 5.11 Å². The van der Waals surface area contributed by atoms with E-state index in [1.54, 1.807) is 30.5 Å². The molecule has 0 bridgehead atoms. The van der Waals surface area contributed by atoms with E-state index in [9.17, 15) is 26.4 Å². The number of halogens is 4. The summed E-state index contributed by atoms with van der Waals surface area (Å²) in [6.07, 6.45) is 8.53. The van der Waals surface area contributed by atoms with Gasteiger partial charge in [0.1, 0.15) is 17.5 Å². The Morgan fingerprint density at radius 1 is 1.14 bits per heavy atom. The fourth-order valence-electron chi connectivity index (χ4n) is 5.16. The van der Waals surface area contributed by atoms with E-state index in [4.69, 9.17) is 16.7 Å². The first-order chi connectivity index (χ1) is 20.7. The number of allylic oxidation sites excluding steroid dienone is 3. The Bertz CT molecular complexity index is 1710. The van der Waals surface area contributed by atoms with Crippen molar-refractivity contribution in [2.24, 2.45) is 0 Å². The van der Waals surface area contributed by atoms with Crippen molar-refractivity contribution in [3.8, 4) is 5.69 Å². The summed E-state index contributed by atoms with van der Waals surface area (Å²) in [4.78, 5) is 15.8. The summed E-state index contributed by atoms with van der Waals surface area (Å²) in [5.41, 5.74) is 1.13. The number of benzene rings is 2. The molecule has 3 aromatic rings. The molecule has 0 saturated heterocycles. The van der Waals surface area contributed by atoms with Crippen LogP contribution in [0.2, 0.25) is 0 Å². The van der Waals surface area contributed by atoms with E-state index in [0.717, 1.165) is 35.9 Å². The topological polar surface area (TPSA) is 89.3 Å². The van der Waals surface area contributed by atoms with Gasteiger partial charge in [0.25, 0.3) is 0 Å². The molecule has 2 aromatic carbocycles. The monoisotopic (exact) mass is 666 g/mol. The number of carboxylic acids is 1. The number of imidazole rings is 1. The predicted octanol–water partition coefficient (Wildman–Crippen LogP) is 7.81. The molecule has 44 heavy (non-hydrogen) atoms. The Morgan fingerprint density at radius 3 is 2.41 bits per heavy atom. The molecule has 0 radical (unpaired) electrons. The van der Waals surface area contributed by atoms with Gasteiger partial charge in [-0.05, 0) is 54.3 Å². The van der Waals surface area contributed by atoms with Crippen molar-refractivity contribution in [3.63, 3.8) is 0 Å². The summed E-state index contributed by atoms with van der Waals surface area (Å²) in [6, 6.07) is 5.91. The molecule has 12 heteroatoms. The van der Waals surface area contributed by atoms with E-state index in [1.807, 2.05) is 32.3 Å². The van der Waals surface area contributed by atoms with Crippen molar-refractivity contribution < 1.29 is 31.5 Å². The third kappa shape index (κ3) is 6.94. The second-order valence-corrected chi connectivity index (χ2v) is 14.9. The van der Waals surface area contributed by atoms with Crippen LogP contribution in [0.1, 0.15) is 67.7 Å². The second kappa shape index (κ2) is 13.5. The van der Waals surface area contributed by atoms with Gasteiger partial charge in [-0.25, -0.2) is 31.4 Å². The Balaban J connectivity index is 1.77. The van der Waals surface area contributed by atoms with Crippen LogP contribution in [0.4, 0.5) is 13.2 Å². The maximum atomic E-state index is 14.8. The quantitative estimate of drug-likeness (QED) is 0.157. The number of nitrogens with zero attached hydrogens (tertiary/aromatic N) is 2. The lowest BCUT2D eigenvalue weighted by atomic mass is 9.78. The highest BCUT2D eigenvalue weighted by Gasteiger charge is 2.37. The smallest absolute Gasteiger partial charge is 0.335 e. The highest BCUT2D eigenvalue weighted by Crippen LogP contribution is 2.40. The number of aromatic carboxylic acids is 1. The Hall–Kier alpha value is -3.02. The molecule has 236 valence electrons. The molecule has 0 saturated carbocycles. The fraction of sp³-hybridized carbons (Fsp3) is 0.375. The van der Waals surface area contributed by atoms with Gasteiger partial charge in [-0.15, -0.1) is 11.6 Å². The van der Waals surface area contributed by atoms with Crippen LogP contribution in [0.15, 0.2) is 65.5 Å². The summed E-state index contributed by atoms with van der Waals surface area (Å²) in [5.74, 6) is -3.98. The number of aryl methyl sites for hydroxylation is 1. The van der Waals surface area contributed by atoms with Crippen molar-refractivity contribution >= 4 is 39.2 Å². The minimum absolute atomic E-state index is 0.0478. The van der Waals surface area contributed by atoms with Crippen LogP contribution in [0.5, 0.6) is 0 Å². The fourth-order valence-corrected chi connectivity index (χ4v) is 8.61. The first-order valence-corrected chi connectivity index (χ1v) is 17.3.